The first-order valence-corrected chi connectivity index (χ1v) is 7.87. The van der Waals surface area contributed by atoms with E-state index in [1.165, 1.54) is 4.90 Å². The van der Waals surface area contributed by atoms with Crippen LogP contribution in [0.15, 0.2) is 30.4 Å². The van der Waals surface area contributed by atoms with Crippen molar-refractivity contribution >= 4 is 40.7 Å². The van der Waals surface area contributed by atoms with Crippen molar-refractivity contribution in [1.82, 2.24) is 4.90 Å². The number of allylic oxidation sites excluding steroid dienone is 2. The SMILES string of the molecule is CN(CC(=O)Nc1ccc(Cl)c(Cl)c1)C(=O)CC1C=CCC1. The average molecular weight is 341 g/mol. The Bertz CT molecular complexity index is 602. The zero-order chi connectivity index (χ0) is 16.1. The molecule has 6 heteroatoms. The van der Waals surface area contributed by atoms with E-state index in [0.29, 0.717) is 28.1 Å². The third-order valence-electron chi connectivity index (χ3n) is 3.56. The molecule has 2 rings (SSSR count). The molecule has 2 amide bonds. The van der Waals surface area contributed by atoms with Crippen molar-refractivity contribution in [3.05, 3.63) is 40.4 Å². The minimum absolute atomic E-state index is 0.00944. The first-order chi connectivity index (χ1) is 10.5. The fourth-order valence-electron chi connectivity index (χ4n) is 2.32. The number of nitrogens with zero attached hydrogens (tertiary/aromatic N) is 1. The molecule has 4 nitrogen and oxygen atoms in total. The number of carbonyl (C=O) groups is 2. The van der Waals surface area contributed by atoms with E-state index in [2.05, 4.69) is 17.5 Å². The summed E-state index contributed by atoms with van der Waals surface area (Å²) in [6, 6.07) is 4.85. The number of halogens is 2. The molecule has 1 N–H and O–H groups in total. The monoisotopic (exact) mass is 340 g/mol. The second-order valence-electron chi connectivity index (χ2n) is 5.40. The van der Waals surface area contributed by atoms with E-state index in [1.54, 1.807) is 25.2 Å². The molecule has 0 heterocycles. The number of amides is 2. The van der Waals surface area contributed by atoms with Crippen LogP contribution in [0.4, 0.5) is 5.69 Å². The summed E-state index contributed by atoms with van der Waals surface area (Å²) in [6.45, 7) is 0.00944. The molecular weight excluding hydrogens is 323 g/mol. The smallest absolute Gasteiger partial charge is 0.243 e. The zero-order valence-corrected chi connectivity index (χ0v) is 13.8. The maximum absolute atomic E-state index is 12.1. The van der Waals surface area contributed by atoms with Crippen molar-refractivity contribution in [1.29, 1.82) is 0 Å². The summed E-state index contributed by atoms with van der Waals surface area (Å²) in [6.07, 6.45) is 6.65. The van der Waals surface area contributed by atoms with E-state index < -0.39 is 0 Å². The van der Waals surface area contributed by atoms with E-state index in [1.807, 2.05) is 0 Å². The topological polar surface area (TPSA) is 49.4 Å². The molecule has 0 aromatic heterocycles. The molecule has 1 aliphatic rings. The summed E-state index contributed by atoms with van der Waals surface area (Å²) in [5.74, 6) is 0.00475. The third-order valence-corrected chi connectivity index (χ3v) is 4.30. The molecule has 0 saturated heterocycles. The van der Waals surface area contributed by atoms with Crippen LogP contribution < -0.4 is 5.32 Å². The molecule has 1 unspecified atom stereocenters. The number of rotatable bonds is 5. The summed E-state index contributed by atoms with van der Waals surface area (Å²) in [5.41, 5.74) is 0.555. The van der Waals surface area contributed by atoms with Crippen LogP contribution in [0.1, 0.15) is 19.3 Å². The van der Waals surface area contributed by atoms with E-state index in [4.69, 9.17) is 23.2 Å². The molecule has 1 aliphatic carbocycles. The first kappa shape index (κ1) is 16.8. The van der Waals surface area contributed by atoms with Crippen LogP contribution in [0.3, 0.4) is 0 Å². The number of nitrogens with one attached hydrogen (secondary N) is 1. The van der Waals surface area contributed by atoms with Gasteiger partial charge in [0.1, 0.15) is 0 Å². The highest BCUT2D eigenvalue weighted by atomic mass is 35.5. The van der Waals surface area contributed by atoms with Crippen molar-refractivity contribution in [2.45, 2.75) is 19.3 Å². The van der Waals surface area contributed by atoms with Gasteiger partial charge in [-0.05, 0) is 37.0 Å². The largest absolute Gasteiger partial charge is 0.336 e. The predicted molar refractivity (Wildman–Crippen MR) is 89.2 cm³/mol. The third kappa shape index (κ3) is 4.75. The molecule has 1 aromatic carbocycles. The van der Waals surface area contributed by atoms with Gasteiger partial charge in [-0.1, -0.05) is 35.4 Å². The van der Waals surface area contributed by atoms with Crippen LogP contribution in [0, 0.1) is 5.92 Å². The Labute approximate surface area is 140 Å². The summed E-state index contributed by atoms with van der Waals surface area (Å²) in [7, 11) is 1.63. The number of likely N-dealkylation sites (N-methyl/N-ethyl adjacent to an activating group) is 1. The number of hydrogen-bond donors (Lipinski definition) is 1. The standard InChI is InChI=1S/C16H18Cl2N2O2/c1-20(16(22)8-11-4-2-3-5-11)10-15(21)19-12-6-7-13(17)14(18)9-12/h2,4,6-7,9,11H,3,5,8,10H2,1H3,(H,19,21). The van der Waals surface area contributed by atoms with Gasteiger partial charge < -0.3 is 10.2 Å². The molecular formula is C16H18Cl2N2O2. The van der Waals surface area contributed by atoms with Gasteiger partial charge in [0.25, 0.3) is 0 Å². The summed E-state index contributed by atoms with van der Waals surface area (Å²) in [4.78, 5) is 25.5. The number of hydrogen-bond acceptors (Lipinski definition) is 2. The Morgan fingerprint density at radius 2 is 2.09 bits per heavy atom. The van der Waals surface area contributed by atoms with Crippen molar-refractivity contribution < 1.29 is 9.59 Å². The van der Waals surface area contributed by atoms with E-state index in [0.717, 1.165) is 12.8 Å². The van der Waals surface area contributed by atoms with Crippen LogP contribution in [-0.2, 0) is 9.59 Å². The summed E-state index contributed by atoms with van der Waals surface area (Å²) < 4.78 is 0. The maximum atomic E-state index is 12.1. The summed E-state index contributed by atoms with van der Waals surface area (Å²) >= 11 is 11.7. The average Bonchev–Trinajstić information content (AvgIpc) is 2.95. The fourth-order valence-corrected chi connectivity index (χ4v) is 2.62. The van der Waals surface area contributed by atoms with Gasteiger partial charge in [-0.15, -0.1) is 0 Å². The Morgan fingerprint density at radius 3 is 2.73 bits per heavy atom. The molecule has 118 valence electrons. The van der Waals surface area contributed by atoms with Gasteiger partial charge in [0, 0.05) is 19.2 Å². The van der Waals surface area contributed by atoms with E-state index >= 15 is 0 Å². The lowest BCUT2D eigenvalue weighted by molar-refractivity contribution is -0.133. The Morgan fingerprint density at radius 1 is 1.32 bits per heavy atom. The maximum Gasteiger partial charge on any atom is 0.243 e. The van der Waals surface area contributed by atoms with Gasteiger partial charge in [-0.25, -0.2) is 0 Å². The van der Waals surface area contributed by atoms with Gasteiger partial charge in [0.2, 0.25) is 11.8 Å². The van der Waals surface area contributed by atoms with Gasteiger partial charge in [-0.2, -0.15) is 0 Å². The number of anilines is 1. The quantitative estimate of drug-likeness (QED) is 0.830. The van der Waals surface area contributed by atoms with Gasteiger partial charge in [0.15, 0.2) is 0 Å². The Kier molecular flexibility index (Phi) is 5.86. The lowest BCUT2D eigenvalue weighted by Gasteiger charge is -2.18. The molecule has 0 aliphatic heterocycles. The molecule has 1 aromatic rings. The van der Waals surface area contributed by atoms with Crippen LogP contribution in [0.2, 0.25) is 10.0 Å². The van der Waals surface area contributed by atoms with Crippen LogP contribution >= 0.6 is 23.2 Å². The lowest BCUT2D eigenvalue weighted by Crippen LogP contribution is -2.35. The second kappa shape index (κ2) is 7.65. The molecule has 0 fully saturated rings. The zero-order valence-electron chi connectivity index (χ0n) is 12.3. The second-order valence-corrected chi connectivity index (χ2v) is 6.21. The highest BCUT2D eigenvalue weighted by molar-refractivity contribution is 6.42. The van der Waals surface area contributed by atoms with Crippen molar-refractivity contribution in [2.24, 2.45) is 5.92 Å². The Balaban J connectivity index is 1.83. The lowest BCUT2D eigenvalue weighted by atomic mass is 10.0. The highest BCUT2D eigenvalue weighted by Gasteiger charge is 2.18. The molecule has 22 heavy (non-hydrogen) atoms. The first-order valence-electron chi connectivity index (χ1n) is 7.11. The molecule has 0 bridgehead atoms. The van der Waals surface area contributed by atoms with Gasteiger partial charge in [-0.3, -0.25) is 9.59 Å². The number of benzene rings is 1. The molecule has 0 radical (unpaired) electrons. The summed E-state index contributed by atoms with van der Waals surface area (Å²) in [5, 5.41) is 3.50. The fraction of sp³-hybridized carbons (Fsp3) is 0.375. The van der Waals surface area contributed by atoms with Crippen molar-refractivity contribution in [2.75, 3.05) is 18.9 Å². The normalized spacial score (nSPS) is 16.6. The van der Waals surface area contributed by atoms with Gasteiger partial charge >= 0.3 is 0 Å². The van der Waals surface area contributed by atoms with E-state index in [9.17, 15) is 9.59 Å². The Hall–Kier alpha value is -1.52. The molecule has 1 atom stereocenters. The van der Waals surface area contributed by atoms with Crippen molar-refractivity contribution in [3.63, 3.8) is 0 Å². The minimum Gasteiger partial charge on any atom is -0.336 e. The van der Waals surface area contributed by atoms with Crippen LogP contribution in [-0.4, -0.2) is 30.3 Å². The minimum atomic E-state index is -0.267. The van der Waals surface area contributed by atoms with E-state index in [-0.39, 0.29) is 18.4 Å². The molecule has 0 saturated carbocycles. The van der Waals surface area contributed by atoms with Crippen molar-refractivity contribution in [3.8, 4) is 0 Å². The molecule has 0 spiro atoms. The highest BCUT2D eigenvalue weighted by Crippen LogP contribution is 2.25. The predicted octanol–water partition coefficient (Wildman–Crippen LogP) is 3.75. The number of carbonyl (C=O) groups excluding carboxylic acids is 2. The van der Waals surface area contributed by atoms with Crippen LogP contribution in [0.5, 0.6) is 0 Å². The van der Waals surface area contributed by atoms with Crippen LogP contribution in [0.25, 0.3) is 0 Å². The van der Waals surface area contributed by atoms with Gasteiger partial charge in [0.05, 0.1) is 16.6 Å².